The van der Waals surface area contributed by atoms with E-state index in [4.69, 9.17) is 23.2 Å². The molecule has 0 rings (SSSR count). The highest BCUT2D eigenvalue weighted by molar-refractivity contribution is 6.19. The van der Waals surface area contributed by atoms with Crippen molar-refractivity contribution in [3.05, 3.63) is 0 Å². The molecule has 0 aromatic heterocycles. The first kappa shape index (κ1) is 12.5. The van der Waals surface area contributed by atoms with E-state index in [-0.39, 0.29) is 0 Å². The standard InChI is InChI=1S/C9H19Cl2N/c1-2-3-4-7-12-9(8-11)5-6-10/h9,12H,2-8H2,1H3. The molecule has 0 fully saturated rings. The van der Waals surface area contributed by atoms with E-state index in [0.29, 0.717) is 17.8 Å². The first-order valence-electron chi connectivity index (χ1n) is 4.70. The summed E-state index contributed by atoms with van der Waals surface area (Å²) >= 11 is 11.4. The van der Waals surface area contributed by atoms with Crippen molar-refractivity contribution in [3.8, 4) is 0 Å². The predicted octanol–water partition coefficient (Wildman–Crippen LogP) is 3.00. The molecule has 0 bridgehead atoms. The van der Waals surface area contributed by atoms with Crippen LogP contribution in [0.2, 0.25) is 0 Å². The molecule has 3 heteroatoms. The van der Waals surface area contributed by atoms with Crippen molar-refractivity contribution < 1.29 is 0 Å². The molecule has 0 saturated carbocycles. The second-order valence-electron chi connectivity index (χ2n) is 2.99. The van der Waals surface area contributed by atoms with Gasteiger partial charge in [-0.15, -0.1) is 23.2 Å². The molecule has 0 amide bonds. The van der Waals surface area contributed by atoms with Gasteiger partial charge in [-0.3, -0.25) is 0 Å². The number of rotatable bonds is 8. The summed E-state index contributed by atoms with van der Waals surface area (Å²) < 4.78 is 0. The van der Waals surface area contributed by atoms with Crippen molar-refractivity contribution in [3.63, 3.8) is 0 Å². The first-order valence-corrected chi connectivity index (χ1v) is 5.77. The van der Waals surface area contributed by atoms with Crippen molar-refractivity contribution in [2.45, 2.75) is 38.6 Å². The number of alkyl halides is 2. The Hall–Kier alpha value is 0.540. The Morgan fingerprint density at radius 2 is 2.00 bits per heavy atom. The van der Waals surface area contributed by atoms with Gasteiger partial charge in [0, 0.05) is 17.8 Å². The molecule has 0 aliphatic heterocycles. The molecule has 12 heavy (non-hydrogen) atoms. The molecule has 1 unspecified atom stereocenters. The van der Waals surface area contributed by atoms with Gasteiger partial charge >= 0.3 is 0 Å². The van der Waals surface area contributed by atoms with E-state index >= 15 is 0 Å². The summed E-state index contributed by atoms with van der Waals surface area (Å²) in [5.74, 6) is 1.36. The van der Waals surface area contributed by atoms with Crippen LogP contribution in [0.1, 0.15) is 32.6 Å². The minimum atomic E-state index is 0.404. The van der Waals surface area contributed by atoms with Gasteiger partial charge in [0.1, 0.15) is 0 Å². The summed E-state index contributed by atoms with van der Waals surface area (Å²) in [5, 5.41) is 3.39. The third-order valence-corrected chi connectivity index (χ3v) is 2.45. The maximum atomic E-state index is 5.74. The topological polar surface area (TPSA) is 12.0 Å². The third-order valence-electron chi connectivity index (χ3n) is 1.86. The molecular formula is C9H19Cl2N. The minimum Gasteiger partial charge on any atom is -0.313 e. The molecule has 0 heterocycles. The van der Waals surface area contributed by atoms with Crippen LogP contribution in [0.15, 0.2) is 0 Å². The van der Waals surface area contributed by atoms with Gasteiger partial charge in [-0.2, -0.15) is 0 Å². The highest BCUT2D eigenvalue weighted by Gasteiger charge is 2.03. The van der Waals surface area contributed by atoms with Gasteiger partial charge in [-0.1, -0.05) is 19.8 Å². The Morgan fingerprint density at radius 3 is 2.50 bits per heavy atom. The largest absolute Gasteiger partial charge is 0.313 e. The number of halogens is 2. The molecule has 1 nitrogen and oxygen atoms in total. The number of hydrogen-bond donors (Lipinski definition) is 1. The van der Waals surface area contributed by atoms with Gasteiger partial charge < -0.3 is 5.32 Å². The number of unbranched alkanes of at least 4 members (excludes halogenated alkanes) is 2. The third kappa shape index (κ3) is 7.20. The fraction of sp³-hybridized carbons (Fsp3) is 1.00. The van der Waals surface area contributed by atoms with Crippen LogP contribution in [0, 0.1) is 0 Å². The quantitative estimate of drug-likeness (QED) is 0.481. The summed E-state index contributed by atoms with van der Waals surface area (Å²) in [6.07, 6.45) is 4.77. The predicted molar refractivity (Wildman–Crippen MR) is 57.4 cm³/mol. The normalized spacial score (nSPS) is 13.2. The van der Waals surface area contributed by atoms with Gasteiger partial charge in [0.15, 0.2) is 0 Å². The SMILES string of the molecule is CCCCCNC(CCl)CCCl. The zero-order chi connectivity index (χ0) is 9.23. The van der Waals surface area contributed by atoms with Gasteiger partial charge in [0.25, 0.3) is 0 Å². The lowest BCUT2D eigenvalue weighted by molar-refractivity contribution is 0.520. The molecule has 0 saturated heterocycles. The lowest BCUT2D eigenvalue weighted by Crippen LogP contribution is -2.31. The molecule has 1 atom stereocenters. The fourth-order valence-electron chi connectivity index (χ4n) is 1.05. The zero-order valence-corrected chi connectivity index (χ0v) is 9.29. The molecule has 0 aliphatic rings. The summed E-state index contributed by atoms with van der Waals surface area (Å²) in [6.45, 7) is 3.28. The van der Waals surface area contributed by atoms with Crippen molar-refractivity contribution in [1.82, 2.24) is 5.32 Å². The maximum Gasteiger partial charge on any atom is 0.0377 e. The zero-order valence-electron chi connectivity index (χ0n) is 7.78. The van der Waals surface area contributed by atoms with Gasteiger partial charge in [-0.25, -0.2) is 0 Å². The number of hydrogen-bond acceptors (Lipinski definition) is 1. The lowest BCUT2D eigenvalue weighted by Gasteiger charge is -2.13. The molecule has 0 aliphatic carbocycles. The Kier molecular flexibility index (Phi) is 10.1. The van der Waals surface area contributed by atoms with E-state index in [1.807, 2.05) is 0 Å². The van der Waals surface area contributed by atoms with E-state index in [1.165, 1.54) is 19.3 Å². The Morgan fingerprint density at radius 1 is 1.25 bits per heavy atom. The van der Waals surface area contributed by atoms with Crippen LogP contribution in [0.25, 0.3) is 0 Å². The van der Waals surface area contributed by atoms with Crippen LogP contribution in [0.4, 0.5) is 0 Å². The monoisotopic (exact) mass is 211 g/mol. The maximum absolute atomic E-state index is 5.74. The summed E-state index contributed by atoms with van der Waals surface area (Å²) in [6, 6.07) is 0.404. The van der Waals surface area contributed by atoms with Crippen LogP contribution in [0.5, 0.6) is 0 Å². The molecule has 0 aromatic rings. The van der Waals surface area contributed by atoms with Crippen LogP contribution in [-0.4, -0.2) is 24.3 Å². The highest BCUT2D eigenvalue weighted by Crippen LogP contribution is 1.98. The molecule has 0 aromatic carbocycles. The Labute approximate surface area is 85.8 Å². The first-order chi connectivity index (χ1) is 5.85. The second-order valence-corrected chi connectivity index (χ2v) is 3.68. The Bertz CT molecular complexity index is 88.6. The van der Waals surface area contributed by atoms with Crippen molar-refractivity contribution in [2.24, 2.45) is 0 Å². The minimum absolute atomic E-state index is 0.404. The van der Waals surface area contributed by atoms with E-state index in [1.54, 1.807) is 0 Å². The smallest absolute Gasteiger partial charge is 0.0377 e. The van der Waals surface area contributed by atoms with Crippen molar-refractivity contribution in [2.75, 3.05) is 18.3 Å². The fourth-order valence-corrected chi connectivity index (χ4v) is 1.57. The molecular weight excluding hydrogens is 193 g/mol. The van der Waals surface area contributed by atoms with Crippen LogP contribution in [0.3, 0.4) is 0 Å². The van der Waals surface area contributed by atoms with E-state index in [2.05, 4.69) is 12.2 Å². The molecule has 0 radical (unpaired) electrons. The highest BCUT2D eigenvalue weighted by atomic mass is 35.5. The van der Waals surface area contributed by atoms with Crippen LogP contribution >= 0.6 is 23.2 Å². The van der Waals surface area contributed by atoms with Gasteiger partial charge in [0.05, 0.1) is 0 Å². The van der Waals surface area contributed by atoms with Crippen LogP contribution in [-0.2, 0) is 0 Å². The molecule has 74 valence electrons. The summed E-state index contributed by atoms with van der Waals surface area (Å²) in [7, 11) is 0. The summed E-state index contributed by atoms with van der Waals surface area (Å²) in [5.41, 5.74) is 0. The molecule has 0 spiro atoms. The molecule has 1 N–H and O–H groups in total. The average molecular weight is 212 g/mol. The average Bonchev–Trinajstić information content (AvgIpc) is 2.10. The Balaban J connectivity index is 3.19. The van der Waals surface area contributed by atoms with Crippen molar-refractivity contribution >= 4 is 23.2 Å². The van der Waals surface area contributed by atoms with E-state index in [0.717, 1.165) is 13.0 Å². The van der Waals surface area contributed by atoms with Crippen molar-refractivity contribution in [1.29, 1.82) is 0 Å². The number of nitrogens with one attached hydrogen (secondary N) is 1. The van der Waals surface area contributed by atoms with E-state index < -0.39 is 0 Å². The lowest BCUT2D eigenvalue weighted by atomic mass is 10.2. The van der Waals surface area contributed by atoms with E-state index in [9.17, 15) is 0 Å². The van der Waals surface area contributed by atoms with Gasteiger partial charge in [-0.05, 0) is 19.4 Å². The van der Waals surface area contributed by atoms with Gasteiger partial charge in [0.2, 0.25) is 0 Å². The van der Waals surface area contributed by atoms with Crippen LogP contribution < -0.4 is 5.32 Å². The summed E-state index contributed by atoms with van der Waals surface area (Å²) in [4.78, 5) is 0. The second kappa shape index (κ2) is 9.63.